The van der Waals surface area contributed by atoms with Crippen molar-refractivity contribution in [1.29, 1.82) is 0 Å². The summed E-state index contributed by atoms with van der Waals surface area (Å²) < 4.78 is 38.5. The number of aromatic hydroxyl groups is 1. The predicted octanol–water partition coefficient (Wildman–Crippen LogP) is 2.02. The summed E-state index contributed by atoms with van der Waals surface area (Å²) in [4.78, 5) is 4.67. The number of hydrogen-bond acceptors (Lipinski definition) is 7. The van der Waals surface area contributed by atoms with Gasteiger partial charge in [-0.3, -0.25) is 4.90 Å². The van der Waals surface area contributed by atoms with Gasteiger partial charge in [-0.25, -0.2) is 0 Å². The molecule has 184 valence electrons. The van der Waals surface area contributed by atoms with Crippen LogP contribution in [0.25, 0.3) is 5.70 Å². The number of benzene rings is 1. The number of alkyl halides is 3. The summed E-state index contributed by atoms with van der Waals surface area (Å²) in [6, 6.07) is 2.89. The van der Waals surface area contributed by atoms with E-state index in [2.05, 4.69) is 15.1 Å². The van der Waals surface area contributed by atoms with Gasteiger partial charge >= 0.3 is 6.18 Å². The average molecular weight is 470 g/mol. The van der Waals surface area contributed by atoms with E-state index in [9.17, 15) is 23.4 Å². The van der Waals surface area contributed by atoms with Crippen LogP contribution in [-0.2, 0) is 6.18 Å². The number of phenols is 1. The van der Waals surface area contributed by atoms with Crippen LogP contribution in [0, 0.1) is 0 Å². The first-order valence-electron chi connectivity index (χ1n) is 11.3. The number of allylic oxidation sites excluding steroid dienone is 2. The molecular formula is C23H34F3N5O2. The van der Waals surface area contributed by atoms with E-state index in [1.165, 1.54) is 0 Å². The number of nitrogens with two attached hydrogens (primary N) is 2. The molecular weight excluding hydrogens is 435 g/mol. The third-order valence-electron chi connectivity index (χ3n) is 6.27. The maximum atomic E-state index is 12.8. The van der Waals surface area contributed by atoms with Gasteiger partial charge in [0, 0.05) is 50.0 Å². The molecule has 2 heterocycles. The molecule has 0 aromatic heterocycles. The Balaban J connectivity index is 1.58. The third kappa shape index (κ3) is 7.02. The minimum atomic E-state index is -4.54. The lowest BCUT2D eigenvalue weighted by Crippen LogP contribution is -2.48. The summed E-state index contributed by atoms with van der Waals surface area (Å²) in [5.74, 6) is -0.119. The highest BCUT2D eigenvalue weighted by Gasteiger charge is 2.31. The van der Waals surface area contributed by atoms with E-state index in [1.54, 1.807) is 13.0 Å². The van der Waals surface area contributed by atoms with E-state index in [4.69, 9.17) is 11.5 Å². The van der Waals surface area contributed by atoms with Gasteiger partial charge < -0.3 is 31.9 Å². The lowest BCUT2D eigenvalue weighted by molar-refractivity contribution is -0.137. The first kappa shape index (κ1) is 25.2. The number of aliphatic hydroxyl groups is 1. The fourth-order valence-corrected chi connectivity index (χ4v) is 4.41. The molecule has 1 aromatic carbocycles. The Labute approximate surface area is 192 Å². The number of β-amino-alcohol motifs (C(OH)–C–C–N with tert-alkyl or cyclic N) is 1. The molecule has 0 radical (unpaired) electrons. The van der Waals surface area contributed by atoms with Crippen LogP contribution in [0.5, 0.6) is 5.75 Å². The second-order valence-electron chi connectivity index (χ2n) is 8.95. The zero-order valence-electron chi connectivity index (χ0n) is 18.9. The van der Waals surface area contributed by atoms with Crippen LogP contribution < -0.4 is 16.8 Å². The van der Waals surface area contributed by atoms with E-state index >= 15 is 0 Å². The van der Waals surface area contributed by atoms with Crippen LogP contribution >= 0.6 is 0 Å². The number of nitrogens with one attached hydrogen (secondary N) is 1. The van der Waals surface area contributed by atoms with Crippen molar-refractivity contribution in [1.82, 2.24) is 15.1 Å². The molecule has 7 N–H and O–H groups in total. The van der Waals surface area contributed by atoms with Crippen LogP contribution in [-0.4, -0.2) is 71.4 Å². The first-order valence-corrected chi connectivity index (χ1v) is 11.3. The van der Waals surface area contributed by atoms with E-state index in [1.807, 2.05) is 0 Å². The fraction of sp³-hybridized carbons (Fsp3) is 0.565. The highest BCUT2D eigenvalue weighted by molar-refractivity contribution is 5.72. The molecule has 0 saturated carbocycles. The normalized spacial score (nSPS) is 24.1. The van der Waals surface area contributed by atoms with Crippen LogP contribution in [0.4, 0.5) is 13.2 Å². The molecule has 10 heteroatoms. The van der Waals surface area contributed by atoms with Crippen molar-refractivity contribution >= 4 is 5.70 Å². The number of rotatable bonds is 7. The number of phenolic OH excluding ortho intramolecular Hbond substituents is 1. The highest BCUT2D eigenvalue weighted by atomic mass is 19.4. The van der Waals surface area contributed by atoms with Crippen molar-refractivity contribution in [3.05, 3.63) is 46.8 Å². The summed E-state index contributed by atoms with van der Waals surface area (Å²) in [5, 5.41) is 23.0. The summed E-state index contributed by atoms with van der Waals surface area (Å²) in [6.45, 7) is 7.12. The molecule has 33 heavy (non-hydrogen) atoms. The fourth-order valence-electron chi connectivity index (χ4n) is 4.41. The molecule has 0 bridgehead atoms. The molecule has 2 aliphatic rings. The van der Waals surface area contributed by atoms with Crippen LogP contribution in [0.2, 0.25) is 0 Å². The first-order chi connectivity index (χ1) is 15.5. The lowest BCUT2D eigenvalue weighted by atomic mass is 10.0. The van der Waals surface area contributed by atoms with Gasteiger partial charge in [-0.05, 0) is 62.6 Å². The van der Waals surface area contributed by atoms with Gasteiger partial charge in [0.2, 0.25) is 0 Å². The van der Waals surface area contributed by atoms with Gasteiger partial charge in [-0.15, -0.1) is 0 Å². The standard InChI is InChI=1S/C23H34F3N5O2/c1-15(22(28)19-5-4-16(12-20(19)33)23(24,25)26)11-21(27)29-17-3-2-7-30(13-17)9-10-31-8-6-18(32)14-31/h4-5,11-12,17-18,29,32-33H,2-3,6-10,13-14,27-28H2,1H3/b21-11+,22-15-. The topological polar surface area (TPSA) is 111 Å². The number of halogens is 3. The van der Waals surface area contributed by atoms with Crippen molar-refractivity contribution < 1.29 is 23.4 Å². The van der Waals surface area contributed by atoms with Crippen molar-refractivity contribution in [3.8, 4) is 5.75 Å². The van der Waals surface area contributed by atoms with Crippen LogP contribution in [0.15, 0.2) is 35.7 Å². The maximum Gasteiger partial charge on any atom is 0.416 e. The quantitative estimate of drug-likeness (QED) is 0.389. The molecule has 0 aliphatic carbocycles. The zero-order valence-corrected chi connectivity index (χ0v) is 18.9. The molecule has 2 unspecified atom stereocenters. The number of likely N-dealkylation sites (tertiary alicyclic amines) is 2. The Bertz CT molecular complexity index is 887. The van der Waals surface area contributed by atoms with Gasteiger partial charge in [-0.1, -0.05) is 0 Å². The molecule has 2 atom stereocenters. The Hall–Kier alpha value is -2.43. The maximum absolute atomic E-state index is 12.8. The van der Waals surface area contributed by atoms with Crippen molar-refractivity contribution in [2.75, 3.05) is 39.3 Å². The summed E-state index contributed by atoms with van der Waals surface area (Å²) in [7, 11) is 0. The smallest absolute Gasteiger partial charge is 0.416 e. The molecule has 2 fully saturated rings. The second kappa shape index (κ2) is 10.7. The van der Waals surface area contributed by atoms with Gasteiger partial charge in [0.05, 0.1) is 17.5 Å². The van der Waals surface area contributed by atoms with Gasteiger partial charge in [0.1, 0.15) is 5.75 Å². The van der Waals surface area contributed by atoms with E-state index in [0.717, 1.165) is 70.7 Å². The minimum absolute atomic E-state index is 0.125. The SMILES string of the molecule is CC(/C=C(\N)NC1CCCN(CCN2CCC(O)C2)C1)=C(/N)c1ccc(C(F)(F)F)cc1O. The van der Waals surface area contributed by atoms with Gasteiger partial charge in [0.25, 0.3) is 0 Å². The van der Waals surface area contributed by atoms with Gasteiger partial charge in [0.15, 0.2) is 0 Å². The molecule has 0 spiro atoms. The average Bonchev–Trinajstić information content (AvgIpc) is 3.16. The van der Waals surface area contributed by atoms with Crippen LogP contribution in [0.3, 0.4) is 0 Å². The number of aliphatic hydroxyl groups excluding tert-OH is 1. The van der Waals surface area contributed by atoms with Crippen molar-refractivity contribution in [3.63, 3.8) is 0 Å². The molecule has 7 nitrogen and oxygen atoms in total. The Kier molecular flexibility index (Phi) is 8.14. The highest BCUT2D eigenvalue weighted by Crippen LogP contribution is 2.34. The Morgan fingerprint density at radius 3 is 2.45 bits per heavy atom. The second-order valence-corrected chi connectivity index (χ2v) is 8.95. The largest absolute Gasteiger partial charge is 0.507 e. The number of nitrogens with zero attached hydrogens (tertiary/aromatic N) is 2. The number of hydrogen-bond donors (Lipinski definition) is 5. The predicted molar refractivity (Wildman–Crippen MR) is 122 cm³/mol. The Morgan fingerprint density at radius 1 is 1.15 bits per heavy atom. The van der Waals surface area contributed by atoms with E-state index < -0.39 is 17.5 Å². The Morgan fingerprint density at radius 2 is 1.85 bits per heavy atom. The van der Waals surface area contributed by atoms with Gasteiger partial charge in [-0.2, -0.15) is 13.2 Å². The molecule has 1 aromatic rings. The van der Waals surface area contributed by atoms with E-state index in [-0.39, 0.29) is 23.4 Å². The molecule has 2 saturated heterocycles. The summed E-state index contributed by atoms with van der Waals surface area (Å²) in [6.07, 6.45) is -0.251. The molecule has 3 rings (SSSR count). The van der Waals surface area contributed by atoms with Crippen molar-refractivity contribution in [2.24, 2.45) is 11.5 Å². The zero-order chi connectivity index (χ0) is 24.2. The summed E-state index contributed by atoms with van der Waals surface area (Å²) >= 11 is 0. The monoisotopic (exact) mass is 469 g/mol. The molecule has 0 amide bonds. The summed E-state index contributed by atoms with van der Waals surface area (Å²) in [5.41, 5.74) is 12.1. The third-order valence-corrected chi connectivity index (χ3v) is 6.27. The van der Waals surface area contributed by atoms with E-state index in [0.29, 0.717) is 17.5 Å². The van der Waals surface area contributed by atoms with Crippen LogP contribution in [0.1, 0.15) is 37.3 Å². The molecule has 2 aliphatic heterocycles. The minimum Gasteiger partial charge on any atom is -0.507 e. The lowest BCUT2D eigenvalue weighted by Gasteiger charge is -2.34. The van der Waals surface area contributed by atoms with Crippen molar-refractivity contribution in [2.45, 2.75) is 44.5 Å². The number of piperidine rings is 1.